The second kappa shape index (κ2) is 6.23. The average molecular weight is 214 g/mol. The molecule has 0 aromatic heterocycles. The summed E-state index contributed by atoms with van der Waals surface area (Å²) in [6.07, 6.45) is 8.13. The van der Waals surface area contributed by atoms with E-state index in [0.29, 0.717) is 6.04 Å². The largest absolute Gasteiger partial charge is 0.366 e. The van der Waals surface area contributed by atoms with E-state index in [1.54, 1.807) is 0 Å². The highest BCUT2D eigenvalue weighted by Gasteiger charge is 2.22. The van der Waals surface area contributed by atoms with Gasteiger partial charge in [0, 0.05) is 13.1 Å². The molecule has 0 amide bonds. The van der Waals surface area contributed by atoms with E-state index in [0.717, 1.165) is 11.0 Å². The third kappa shape index (κ3) is 3.45. The summed E-state index contributed by atoms with van der Waals surface area (Å²) in [6.45, 7) is 2.24. The standard InChI is InChI=1S/C11H22N2S/c1-3-10(13-11(14)12-2)9-7-5-4-6-8-9/h9-10H,3-8H2,1-2H3,(H2,12,13,14). The van der Waals surface area contributed by atoms with Gasteiger partial charge in [0.25, 0.3) is 0 Å². The summed E-state index contributed by atoms with van der Waals surface area (Å²) in [5, 5.41) is 7.19. The molecule has 1 aliphatic carbocycles. The van der Waals surface area contributed by atoms with Crippen LogP contribution in [-0.4, -0.2) is 18.2 Å². The Bertz CT molecular complexity index is 176. The van der Waals surface area contributed by atoms with Gasteiger partial charge in [-0.2, -0.15) is 0 Å². The number of hydrogen-bond acceptors (Lipinski definition) is 1. The molecule has 1 aliphatic rings. The summed E-state index contributed by atoms with van der Waals surface area (Å²) in [4.78, 5) is 0. The molecule has 1 rings (SSSR count). The summed E-state index contributed by atoms with van der Waals surface area (Å²) in [7, 11) is 1.88. The minimum Gasteiger partial charge on any atom is -0.366 e. The summed E-state index contributed by atoms with van der Waals surface area (Å²) in [5.41, 5.74) is 0. The topological polar surface area (TPSA) is 24.1 Å². The van der Waals surface area contributed by atoms with Crippen LogP contribution >= 0.6 is 12.2 Å². The van der Waals surface area contributed by atoms with E-state index >= 15 is 0 Å². The van der Waals surface area contributed by atoms with E-state index in [9.17, 15) is 0 Å². The predicted molar refractivity (Wildman–Crippen MR) is 65.4 cm³/mol. The van der Waals surface area contributed by atoms with Crippen molar-refractivity contribution < 1.29 is 0 Å². The third-order valence-corrected chi connectivity index (χ3v) is 3.52. The maximum atomic E-state index is 5.14. The van der Waals surface area contributed by atoms with Crippen LogP contribution in [0.4, 0.5) is 0 Å². The van der Waals surface area contributed by atoms with E-state index in [4.69, 9.17) is 12.2 Å². The number of hydrogen-bond donors (Lipinski definition) is 2. The van der Waals surface area contributed by atoms with Crippen LogP contribution in [0.5, 0.6) is 0 Å². The van der Waals surface area contributed by atoms with Crippen molar-refractivity contribution in [1.82, 2.24) is 10.6 Å². The van der Waals surface area contributed by atoms with E-state index in [1.165, 1.54) is 38.5 Å². The molecule has 0 saturated heterocycles. The van der Waals surface area contributed by atoms with Crippen molar-refractivity contribution in [3.8, 4) is 0 Å². The molecule has 1 atom stereocenters. The minimum absolute atomic E-state index is 0.579. The Labute approximate surface area is 92.8 Å². The SMILES string of the molecule is CCC(NC(=S)NC)C1CCCCC1. The molecule has 2 N–H and O–H groups in total. The molecule has 0 aromatic rings. The van der Waals surface area contributed by atoms with E-state index in [-0.39, 0.29) is 0 Å². The molecule has 0 heterocycles. The van der Waals surface area contributed by atoms with Gasteiger partial charge in [-0.1, -0.05) is 26.2 Å². The van der Waals surface area contributed by atoms with Crippen LogP contribution in [0.25, 0.3) is 0 Å². The van der Waals surface area contributed by atoms with Crippen LogP contribution in [0.15, 0.2) is 0 Å². The van der Waals surface area contributed by atoms with Crippen molar-refractivity contribution in [2.75, 3.05) is 7.05 Å². The maximum absolute atomic E-state index is 5.14. The van der Waals surface area contributed by atoms with Crippen molar-refractivity contribution in [2.45, 2.75) is 51.5 Å². The Morgan fingerprint density at radius 1 is 1.36 bits per heavy atom. The van der Waals surface area contributed by atoms with Gasteiger partial charge in [0.1, 0.15) is 0 Å². The maximum Gasteiger partial charge on any atom is 0.166 e. The molecule has 0 aliphatic heterocycles. The van der Waals surface area contributed by atoms with Crippen molar-refractivity contribution in [3.05, 3.63) is 0 Å². The molecule has 1 fully saturated rings. The lowest BCUT2D eigenvalue weighted by molar-refractivity contribution is 0.283. The van der Waals surface area contributed by atoms with E-state index < -0.39 is 0 Å². The first kappa shape index (κ1) is 11.8. The molecule has 0 bridgehead atoms. The third-order valence-electron chi connectivity index (χ3n) is 3.20. The fourth-order valence-corrected chi connectivity index (χ4v) is 2.48. The molecule has 0 radical (unpaired) electrons. The number of thiocarbonyl (C=S) groups is 1. The lowest BCUT2D eigenvalue weighted by Gasteiger charge is -2.30. The molecule has 82 valence electrons. The molecule has 2 nitrogen and oxygen atoms in total. The quantitative estimate of drug-likeness (QED) is 0.706. The van der Waals surface area contributed by atoms with Gasteiger partial charge in [-0.25, -0.2) is 0 Å². The Balaban J connectivity index is 2.39. The first-order valence-electron chi connectivity index (χ1n) is 5.76. The zero-order valence-corrected chi connectivity index (χ0v) is 10.1. The molecule has 1 saturated carbocycles. The highest BCUT2D eigenvalue weighted by atomic mass is 32.1. The van der Waals surface area contributed by atoms with E-state index in [1.807, 2.05) is 7.05 Å². The molecular formula is C11H22N2S. The van der Waals surface area contributed by atoms with Crippen LogP contribution < -0.4 is 10.6 Å². The van der Waals surface area contributed by atoms with Crippen molar-refractivity contribution in [2.24, 2.45) is 5.92 Å². The number of nitrogens with one attached hydrogen (secondary N) is 2. The molecular weight excluding hydrogens is 192 g/mol. The van der Waals surface area contributed by atoms with Crippen LogP contribution in [0.3, 0.4) is 0 Å². The van der Waals surface area contributed by atoms with Crippen LogP contribution in [0.1, 0.15) is 45.4 Å². The normalized spacial score (nSPS) is 20.1. The van der Waals surface area contributed by atoms with Gasteiger partial charge < -0.3 is 10.6 Å². The van der Waals surface area contributed by atoms with Crippen LogP contribution in [0.2, 0.25) is 0 Å². The van der Waals surface area contributed by atoms with Crippen molar-refractivity contribution in [1.29, 1.82) is 0 Å². The van der Waals surface area contributed by atoms with Gasteiger partial charge in [0.2, 0.25) is 0 Å². The highest BCUT2D eigenvalue weighted by molar-refractivity contribution is 7.80. The molecule has 0 aromatic carbocycles. The Morgan fingerprint density at radius 2 is 2.00 bits per heavy atom. The van der Waals surface area contributed by atoms with Crippen molar-refractivity contribution >= 4 is 17.3 Å². The minimum atomic E-state index is 0.579. The van der Waals surface area contributed by atoms with E-state index in [2.05, 4.69) is 17.6 Å². The summed E-state index contributed by atoms with van der Waals surface area (Å²) in [6, 6.07) is 0.579. The summed E-state index contributed by atoms with van der Waals surface area (Å²) >= 11 is 5.14. The highest BCUT2D eigenvalue weighted by Crippen LogP contribution is 2.27. The summed E-state index contributed by atoms with van der Waals surface area (Å²) < 4.78 is 0. The molecule has 14 heavy (non-hydrogen) atoms. The second-order valence-electron chi connectivity index (χ2n) is 4.14. The Morgan fingerprint density at radius 3 is 2.50 bits per heavy atom. The predicted octanol–water partition coefficient (Wildman–Crippen LogP) is 2.44. The molecule has 0 spiro atoms. The first-order chi connectivity index (χ1) is 6.77. The zero-order valence-electron chi connectivity index (χ0n) is 9.31. The Kier molecular flexibility index (Phi) is 5.23. The first-order valence-corrected chi connectivity index (χ1v) is 6.17. The van der Waals surface area contributed by atoms with Gasteiger partial charge in [-0.05, 0) is 37.4 Å². The summed E-state index contributed by atoms with van der Waals surface area (Å²) in [5.74, 6) is 0.833. The fourth-order valence-electron chi connectivity index (χ4n) is 2.33. The molecule has 1 unspecified atom stereocenters. The monoisotopic (exact) mass is 214 g/mol. The fraction of sp³-hybridized carbons (Fsp3) is 0.909. The Hall–Kier alpha value is -0.310. The van der Waals surface area contributed by atoms with Gasteiger partial charge in [0.05, 0.1) is 0 Å². The van der Waals surface area contributed by atoms with Gasteiger partial charge in [0.15, 0.2) is 5.11 Å². The van der Waals surface area contributed by atoms with Gasteiger partial charge in [-0.15, -0.1) is 0 Å². The number of rotatable bonds is 3. The average Bonchev–Trinajstić information content (AvgIpc) is 2.26. The van der Waals surface area contributed by atoms with Crippen molar-refractivity contribution in [3.63, 3.8) is 0 Å². The zero-order chi connectivity index (χ0) is 10.4. The van der Waals surface area contributed by atoms with Gasteiger partial charge >= 0.3 is 0 Å². The van der Waals surface area contributed by atoms with Gasteiger partial charge in [-0.3, -0.25) is 0 Å². The van der Waals surface area contributed by atoms with Crippen LogP contribution in [-0.2, 0) is 0 Å². The lowest BCUT2D eigenvalue weighted by atomic mass is 9.83. The lowest BCUT2D eigenvalue weighted by Crippen LogP contribution is -2.44. The molecule has 3 heteroatoms. The second-order valence-corrected chi connectivity index (χ2v) is 4.54. The van der Waals surface area contributed by atoms with Crippen LogP contribution in [0, 0.1) is 5.92 Å². The smallest absolute Gasteiger partial charge is 0.166 e.